The van der Waals surface area contributed by atoms with Crippen molar-refractivity contribution < 1.29 is 9.90 Å². The summed E-state index contributed by atoms with van der Waals surface area (Å²) >= 11 is 1.28. The van der Waals surface area contributed by atoms with E-state index < -0.39 is 11.7 Å². The Morgan fingerprint density at radius 2 is 1.86 bits per heavy atom. The van der Waals surface area contributed by atoms with Crippen molar-refractivity contribution in [2.24, 2.45) is 14.1 Å². The van der Waals surface area contributed by atoms with Gasteiger partial charge in [0.15, 0.2) is 0 Å². The summed E-state index contributed by atoms with van der Waals surface area (Å²) in [6.45, 7) is 0. The van der Waals surface area contributed by atoms with Crippen molar-refractivity contribution >= 4 is 17.7 Å². The molecule has 0 aliphatic rings. The van der Waals surface area contributed by atoms with Gasteiger partial charge in [0.2, 0.25) is 0 Å². The molecule has 2 rings (SSSR count). The average Bonchev–Trinajstić information content (AvgIpc) is 2.47. The Bertz CT molecular complexity index is 807. The first-order chi connectivity index (χ1) is 9.91. The van der Waals surface area contributed by atoms with Crippen LogP contribution in [0.15, 0.2) is 44.8 Å². The lowest BCUT2D eigenvalue weighted by Crippen LogP contribution is -2.37. The van der Waals surface area contributed by atoms with E-state index in [1.165, 1.54) is 35.5 Å². The minimum Gasteiger partial charge on any atom is -0.478 e. The van der Waals surface area contributed by atoms with Gasteiger partial charge in [-0.3, -0.25) is 13.9 Å². The minimum absolute atomic E-state index is 0.205. The summed E-state index contributed by atoms with van der Waals surface area (Å²) in [6, 6.07) is 8.01. The summed E-state index contributed by atoms with van der Waals surface area (Å²) in [6.07, 6.45) is 0. The summed E-state index contributed by atoms with van der Waals surface area (Å²) in [5.74, 6) is -0.664. The third-order valence-electron chi connectivity index (χ3n) is 3.12. The van der Waals surface area contributed by atoms with E-state index in [9.17, 15) is 14.4 Å². The number of aromatic carboxylic acids is 1. The number of carboxylic acid groups (broad SMARTS) is 1. The van der Waals surface area contributed by atoms with Crippen LogP contribution in [0.3, 0.4) is 0 Å². The summed E-state index contributed by atoms with van der Waals surface area (Å²) in [5, 5.41) is 9.12. The van der Waals surface area contributed by atoms with E-state index in [0.29, 0.717) is 16.3 Å². The molecular formula is C14H14N2O4S. The van der Waals surface area contributed by atoms with Gasteiger partial charge in [-0.05, 0) is 12.1 Å². The first kappa shape index (κ1) is 15.1. The molecule has 0 saturated carbocycles. The molecular weight excluding hydrogens is 292 g/mol. The molecule has 0 aliphatic carbocycles. The second-order valence-corrected chi connectivity index (χ2v) is 5.48. The van der Waals surface area contributed by atoms with Crippen LogP contribution in [0.4, 0.5) is 0 Å². The van der Waals surface area contributed by atoms with E-state index in [-0.39, 0.29) is 11.1 Å². The lowest BCUT2D eigenvalue weighted by atomic mass is 10.2. The summed E-state index contributed by atoms with van der Waals surface area (Å²) in [4.78, 5) is 35.2. The minimum atomic E-state index is -1.00. The lowest BCUT2D eigenvalue weighted by Gasteiger charge is -2.10. The fourth-order valence-electron chi connectivity index (χ4n) is 1.84. The zero-order valence-electron chi connectivity index (χ0n) is 11.6. The molecule has 0 amide bonds. The molecule has 1 aromatic heterocycles. The highest BCUT2D eigenvalue weighted by molar-refractivity contribution is 7.98. The van der Waals surface area contributed by atoms with E-state index in [0.717, 1.165) is 4.57 Å². The van der Waals surface area contributed by atoms with Gasteiger partial charge in [0.05, 0.1) is 5.56 Å². The Labute approximate surface area is 124 Å². The number of hydrogen-bond acceptors (Lipinski definition) is 4. The Kier molecular flexibility index (Phi) is 4.32. The van der Waals surface area contributed by atoms with Crippen LogP contribution >= 0.6 is 11.8 Å². The molecule has 7 heteroatoms. The number of nitrogens with zero attached hydrogens (tertiary/aromatic N) is 2. The highest BCUT2D eigenvalue weighted by Crippen LogP contribution is 2.25. The molecule has 0 atom stereocenters. The largest absolute Gasteiger partial charge is 0.478 e. The topological polar surface area (TPSA) is 81.3 Å². The van der Waals surface area contributed by atoms with Crippen molar-refractivity contribution in [1.82, 2.24) is 9.13 Å². The monoisotopic (exact) mass is 306 g/mol. The number of benzene rings is 1. The zero-order valence-corrected chi connectivity index (χ0v) is 12.4. The molecule has 2 aromatic rings. The van der Waals surface area contributed by atoms with Crippen molar-refractivity contribution in [1.29, 1.82) is 0 Å². The van der Waals surface area contributed by atoms with Crippen molar-refractivity contribution in [3.8, 4) is 0 Å². The molecule has 6 nitrogen and oxygen atoms in total. The Balaban J connectivity index is 2.32. The number of thioether (sulfide) groups is 1. The Hall–Kier alpha value is -2.28. The predicted molar refractivity (Wildman–Crippen MR) is 79.9 cm³/mol. The molecule has 0 fully saturated rings. The first-order valence-electron chi connectivity index (χ1n) is 6.13. The Morgan fingerprint density at radius 3 is 2.52 bits per heavy atom. The van der Waals surface area contributed by atoms with Gasteiger partial charge in [-0.1, -0.05) is 12.1 Å². The first-order valence-corrected chi connectivity index (χ1v) is 7.11. The number of hydrogen-bond donors (Lipinski definition) is 1. The van der Waals surface area contributed by atoms with Crippen LogP contribution < -0.4 is 11.2 Å². The van der Waals surface area contributed by atoms with Crippen molar-refractivity contribution in [2.75, 3.05) is 0 Å². The molecule has 1 aromatic carbocycles. The quantitative estimate of drug-likeness (QED) is 0.855. The highest BCUT2D eigenvalue weighted by atomic mass is 32.2. The maximum absolute atomic E-state index is 11.8. The van der Waals surface area contributed by atoms with Crippen molar-refractivity contribution in [3.05, 3.63) is 62.4 Å². The molecule has 110 valence electrons. The number of aromatic nitrogens is 2. The summed E-state index contributed by atoms with van der Waals surface area (Å²) in [7, 11) is 3.00. The number of carbonyl (C=O) groups is 1. The van der Waals surface area contributed by atoms with Crippen molar-refractivity contribution in [2.45, 2.75) is 10.6 Å². The fraction of sp³-hybridized carbons (Fsp3) is 0.214. The molecule has 0 radical (unpaired) electrons. The molecule has 21 heavy (non-hydrogen) atoms. The second-order valence-electron chi connectivity index (χ2n) is 4.46. The van der Waals surface area contributed by atoms with Gasteiger partial charge in [0.1, 0.15) is 0 Å². The van der Waals surface area contributed by atoms with Crippen LogP contribution in [-0.4, -0.2) is 20.2 Å². The molecule has 0 spiro atoms. The molecule has 0 bridgehead atoms. The molecule has 1 N–H and O–H groups in total. The van der Waals surface area contributed by atoms with Gasteiger partial charge in [0, 0.05) is 36.5 Å². The molecule has 1 heterocycles. The van der Waals surface area contributed by atoms with Crippen LogP contribution in [0.1, 0.15) is 16.1 Å². The van der Waals surface area contributed by atoms with Gasteiger partial charge in [-0.25, -0.2) is 9.59 Å². The summed E-state index contributed by atoms with van der Waals surface area (Å²) < 4.78 is 2.41. The van der Waals surface area contributed by atoms with Gasteiger partial charge in [-0.2, -0.15) is 0 Å². The normalized spacial score (nSPS) is 10.6. The zero-order chi connectivity index (χ0) is 15.6. The van der Waals surface area contributed by atoms with Gasteiger partial charge in [0.25, 0.3) is 5.56 Å². The second kappa shape index (κ2) is 6.01. The number of carboxylic acids is 1. The van der Waals surface area contributed by atoms with E-state index >= 15 is 0 Å². The Morgan fingerprint density at radius 1 is 1.19 bits per heavy atom. The average molecular weight is 306 g/mol. The third kappa shape index (κ3) is 3.08. The highest BCUT2D eigenvalue weighted by Gasteiger charge is 2.11. The van der Waals surface area contributed by atoms with Crippen LogP contribution in [-0.2, 0) is 19.8 Å². The summed E-state index contributed by atoms with van der Waals surface area (Å²) in [5.41, 5.74) is -0.0190. The smallest absolute Gasteiger partial charge is 0.336 e. The van der Waals surface area contributed by atoms with Crippen LogP contribution in [0, 0.1) is 0 Å². The standard InChI is InChI=1S/C14H14N2O4S/c1-15-9(7-12(17)16(2)14(15)20)8-21-11-6-4-3-5-10(11)13(18)19/h3-7H,8H2,1-2H3,(H,18,19). The van der Waals surface area contributed by atoms with Crippen molar-refractivity contribution in [3.63, 3.8) is 0 Å². The van der Waals surface area contributed by atoms with Gasteiger partial charge < -0.3 is 5.11 Å². The maximum atomic E-state index is 11.8. The molecule has 0 aliphatic heterocycles. The molecule has 0 saturated heterocycles. The molecule has 0 unspecified atom stereocenters. The van der Waals surface area contributed by atoms with E-state index in [4.69, 9.17) is 5.11 Å². The van der Waals surface area contributed by atoms with Gasteiger partial charge >= 0.3 is 11.7 Å². The predicted octanol–water partition coefficient (Wildman–Crippen LogP) is 1.07. The lowest BCUT2D eigenvalue weighted by molar-refractivity contribution is 0.0693. The van der Waals surface area contributed by atoms with Crippen LogP contribution in [0.2, 0.25) is 0 Å². The third-order valence-corrected chi connectivity index (χ3v) is 4.23. The fourth-order valence-corrected chi connectivity index (χ4v) is 2.90. The van der Waals surface area contributed by atoms with E-state index in [2.05, 4.69) is 0 Å². The van der Waals surface area contributed by atoms with E-state index in [1.807, 2.05) is 0 Å². The number of rotatable bonds is 4. The van der Waals surface area contributed by atoms with Gasteiger partial charge in [-0.15, -0.1) is 11.8 Å². The SMILES string of the molecule is Cn1c(CSc2ccccc2C(=O)O)cc(=O)n(C)c1=O. The van der Waals surface area contributed by atoms with Crippen LogP contribution in [0.25, 0.3) is 0 Å². The van der Waals surface area contributed by atoms with Crippen LogP contribution in [0.5, 0.6) is 0 Å². The maximum Gasteiger partial charge on any atom is 0.336 e. The van der Waals surface area contributed by atoms with E-state index in [1.54, 1.807) is 25.2 Å².